The number of esters is 2. The highest BCUT2D eigenvalue weighted by atomic mass is 35.5. The van der Waals surface area contributed by atoms with Crippen molar-refractivity contribution in [1.82, 2.24) is 4.57 Å². The zero-order valence-corrected chi connectivity index (χ0v) is 17.1. The van der Waals surface area contributed by atoms with Gasteiger partial charge in [-0.15, -0.1) is 0 Å². The molecule has 0 atom stereocenters. The fourth-order valence-corrected chi connectivity index (χ4v) is 2.83. The third-order valence-corrected chi connectivity index (χ3v) is 4.58. The lowest BCUT2D eigenvalue weighted by Gasteiger charge is -2.10. The molecule has 0 fully saturated rings. The Kier molecular flexibility index (Phi) is 7.23. The summed E-state index contributed by atoms with van der Waals surface area (Å²) in [4.78, 5) is 36.0. The minimum Gasteiger partial charge on any atom is -0.462 e. The molecule has 0 saturated carbocycles. The third-order valence-electron chi connectivity index (χ3n) is 4.18. The number of amides is 1. The summed E-state index contributed by atoms with van der Waals surface area (Å²) in [5.41, 5.74) is 3.14. The number of aryl methyl sites for hydroxylation is 2. The van der Waals surface area contributed by atoms with Gasteiger partial charge in [-0.05, 0) is 51.5 Å². The summed E-state index contributed by atoms with van der Waals surface area (Å²) in [5.74, 6) is -1.50. The van der Waals surface area contributed by atoms with Gasteiger partial charge in [0, 0.05) is 22.1 Å². The largest absolute Gasteiger partial charge is 0.462 e. The van der Waals surface area contributed by atoms with Gasteiger partial charge in [0.05, 0.1) is 12.2 Å². The van der Waals surface area contributed by atoms with Gasteiger partial charge in [-0.1, -0.05) is 17.7 Å². The topological polar surface area (TPSA) is 86.6 Å². The number of aromatic nitrogens is 1. The van der Waals surface area contributed by atoms with Gasteiger partial charge in [0.2, 0.25) is 0 Å². The van der Waals surface area contributed by atoms with Crippen LogP contribution in [0.25, 0.3) is 0 Å². The number of benzene rings is 1. The van der Waals surface area contributed by atoms with Crippen molar-refractivity contribution in [3.63, 3.8) is 0 Å². The zero-order valence-electron chi connectivity index (χ0n) is 16.3. The Morgan fingerprint density at radius 3 is 2.46 bits per heavy atom. The second-order valence-electron chi connectivity index (χ2n) is 6.26. The highest BCUT2D eigenvalue weighted by Crippen LogP contribution is 2.20. The van der Waals surface area contributed by atoms with E-state index in [-0.39, 0.29) is 13.2 Å². The minimum atomic E-state index is -0.589. The molecule has 0 spiro atoms. The molecule has 2 rings (SSSR count). The normalized spacial score (nSPS) is 10.5. The fraction of sp³-hybridized carbons (Fsp3) is 0.350. The van der Waals surface area contributed by atoms with Crippen LogP contribution in [0.15, 0.2) is 24.3 Å². The number of carbonyl (C=O) groups is 3. The van der Waals surface area contributed by atoms with Crippen LogP contribution in [0, 0.1) is 20.8 Å². The van der Waals surface area contributed by atoms with Crippen molar-refractivity contribution in [1.29, 1.82) is 0 Å². The lowest BCUT2D eigenvalue weighted by molar-refractivity contribution is -0.147. The molecular formula is C20H23ClN2O5. The van der Waals surface area contributed by atoms with E-state index in [0.29, 0.717) is 22.0 Å². The van der Waals surface area contributed by atoms with E-state index in [1.165, 1.54) is 0 Å². The van der Waals surface area contributed by atoms with Gasteiger partial charge < -0.3 is 19.4 Å². The van der Waals surface area contributed by atoms with Crippen LogP contribution in [-0.4, -0.2) is 35.6 Å². The molecule has 150 valence electrons. The highest BCUT2D eigenvalue weighted by Gasteiger charge is 2.19. The second kappa shape index (κ2) is 9.41. The lowest BCUT2D eigenvalue weighted by atomic mass is 10.2. The van der Waals surface area contributed by atoms with E-state index in [9.17, 15) is 14.4 Å². The molecule has 1 amide bonds. The molecule has 2 aromatic rings. The molecule has 0 radical (unpaired) electrons. The first kappa shape index (κ1) is 21.5. The van der Waals surface area contributed by atoms with Gasteiger partial charge in [-0.25, -0.2) is 4.79 Å². The van der Waals surface area contributed by atoms with Crippen LogP contribution >= 0.6 is 11.6 Å². The van der Waals surface area contributed by atoms with Crippen molar-refractivity contribution in [3.05, 3.63) is 51.8 Å². The van der Waals surface area contributed by atoms with Gasteiger partial charge in [-0.2, -0.15) is 0 Å². The lowest BCUT2D eigenvalue weighted by Crippen LogP contribution is -2.23. The Morgan fingerprint density at radius 1 is 1.11 bits per heavy atom. The molecule has 1 heterocycles. The number of halogens is 1. The molecule has 0 saturated heterocycles. The first-order chi connectivity index (χ1) is 13.2. The van der Waals surface area contributed by atoms with Crippen molar-refractivity contribution in [3.8, 4) is 0 Å². The summed E-state index contributed by atoms with van der Waals surface area (Å²) < 4.78 is 11.7. The summed E-state index contributed by atoms with van der Waals surface area (Å²) in [7, 11) is 0. The maximum atomic E-state index is 12.1. The Morgan fingerprint density at radius 2 is 1.82 bits per heavy atom. The molecule has 0 aliphatic heterocycles. The smallest absolute Gasteiger partial charge is 0.339 e. The van der Waals surface area contributed by atoms with Gasteiger partial charge in [0.1, 0.15) is 6.54 Å². The highest BCUT2D eigenvalue weighted by molar-refractivity contribution is 6.31. The first-order valence-electron chi connectivity index (χ1n) is 8.78. The zero-order chi connectivity index (χ0) is 20.8. The van der Waals surface area contributed by atoms with E-state index in [0.717, 1.165) is 11.3 Å². The number of ether oxygens (including phenoxy) is 2. The Hall–Kier alpha value is -2.80. The average molecular weight is 407 g/mol. The summed E-state index contributed by atoms with van der Waals surface area (Å²) in [6, 6.07) is 6.78. The number of hydrogen-bond donors (Lipinski definition) is 1. The van der Waals surface area contributed by atoms with Crippen LogP contribution in [0.3, 0.4) is 0 Å². The minimum absolute atomic E-state index is 0.110. The number of nitrogens with zero attached hydrogens (tertiary/aromatic N) is 1. The van der Waals surface area contributed by atoms with Gasteiger partial charge >= 0.3 is 11.9 Å². The molecule has 7 nitrogen and oxygen atoms in total. The molecule has 1 N–H and O–H groups in total. The summed E-state index contributed by atoms with van der Waals surface area (Å²) in [6.45, 7) is 6.82. The quantitative estimate of drug-likeness (QED) is 0.712. The van der Waals surface area contributed by atoms with Crippen LogP contribution in [0.2, 0.25) is 5.02 Å². The summed E-state index contributed by atoms with van der Waals surface area (Å²) in [5, 5.41) is 3.15. The predicted molar refractivity (Wildman–Crippen MR) is 106 cm³/mol. The van der Waals surface area contributed by atoms with Crippen molar-refractivity contribution >= 4 is 35.1 Å². The molecule has 0 aliphatic rings. The second-order valence-corrected chi connectivity index (χ2v) is 6.67. The van der Waals surface area contributed by atoms with Gasteiger partial charge in [0.25, 0.3) is 5.91 Å². The molecule has 0 unspecified atom stereocenters. The van der Waals surface area contributed by atoms with E-state index in [1.807, 2.05) is 6.92 Å². The SMILES string of the molecule is CCOC(=O)c1cc(C)n(CC(=O)OCC(=O)Nc2ccc(C)c(Cl)c2)c1C. The average Bonchev–Trinajstić information content (AvgIpc) is 2.91. The number of hydrogen-bond acceptors (Lipinski definition) is 5. The monoisotopic (exact) mass is 406 g/mol. The number of carbonyl (C=O) groups excluding carboxylic acids is 3. The predicted octanol–water partition coefficient (Wildman–Crippen LogP) is 3.43. The molecular weight excluding hydrogens is 384 g/mol. The van der Waals surface area contributed by atoms with E-state index >= 15 is 0 Å². The van der Waals surface area contributed by atoms with Crippen molar-refractivity contribution in [2.75, 3.05) is 18.5 Å². The van der Waals surface area contributed by atoms with Crippen molar-refractivity contribution in [2.24, 2.45) is 0 Å². The van der Waals surface area contributed by atoms with Crippen molar-refractivity contribution in [2.45, 2.75) is 34.2 Å². The summed E-state index contributed by atoms with van der Waals surface area (Å²) >= 11 is 6.02. The molecule has 0 aliphatic carbocycles. The third kappa shape index (κ3) is 5.36. The van der Waals surface area contributed by atoms with Crippen LogP contribution in [0.5, 0.6) is 0 Å². The van der Waals surface area contributed by atoms with Crippen molar-refractivity contribution < 1.29 is 23.9 Å². The van der Waals surface area contributed by atoms with Crippen LogP contribution < -0.4 is 5.32 Å². The molecule has 0 bridgehead atoms. The molecule has 28 heavy (non-hydrogen) atoms. The maximum absolute atomic E-state index is 12.1. The van der Waals surface area contributed by atoms with Crippen LogP contribution in [0.4, 0.5) is 5.69 Å². The Bertz CT molecular complexity index is 904. The van der Waals surface area contributed by atoms with E-state index < -0.39 is 24.5 Å². The van der Waals surface area contributed by atoms with Gasteiger partial charge in [-0.3, -0.25) is 9.59 Å². The standard InChI is InChI=1S/C20H23ClN2O5/c1-5-27-20(26)16-8-13(3)23(14(16)4)10-19(25)28-11-18(24)22-15-7-6-12(2)17(21)9-15/h6-9H,5,10-11H2,1-4H3,(H,22,24). The Labute approximate surface area is 168 Å². The number of nitrogens with one attached hydrogen (secondary N) is 1. The molecule has 8 heteroatoms. The maximum Gasteiger partial charge on any atom is 0.339 e. The fourth-order valence-electron chi connectivity index (χ4n) is 2.65. The van der Waals surface area contributed by atoms with E-state index in [1.54, 1.807) is 49.6 Å². The molecule has 1 aromatic heterocycles. The van der Waals surface area contributed by atoms with Crippen LogP contribution in [-0.2, 0) is 25.6 Å². The summed E-state index contributed by atoms with van der Waals surface area (Å²) in [6.07, 6.45) is 0. The molecule has 1 aromatic carbocycles. The number of rotatable bonds is 7. The van der Waals surface area contributed by atoms with Gasteiger partial charge in [0.15, 0.2) is 6.61 Å². The van der Waals surface area contributed by atoms with Crippen LogP contribution in [0.1, 0.15) is 34.2 Å². The number of anilines is 1. The first-order valence-corrected chi connectivity index (χ1v) is 9.16. The van der Waals surface area contributed by atoms with E-state index in [4.69, 9.17) is 21.1 Å². The Balaban J connectivity index is 1.92. The van der Waals surface area contributed by atoms with E-state index in [2.05, 4.69) is 5.32 Å².